The molecule has 0 atom stereocenters. The minimum absolute atomic E-state index is 0.215. The van der Waals surface area contributed by atoms with Crippen molar-refractivity contribution in [2.75, 3.05) is 0 Å². The molecule has 0 saturated heterocycles. The Kier molecular flexibility index (Phi) is 6.97. The van der Waals surface area contributed by atoms with E-state index in [0.717, 1.165) is 12.2 Å². The van der Waals surface area contributed by atoms with E-state index >= 15 is 0 Å². The molecule has 0 aromatic heterocycles. The highest BCUT2D eigenvalue weighted by atomic mass is 16.5. The molecule has 0 amide bonds. The lowest BCUT2D eigenvalue weighted by molar-refractivity contribution is 0.227. The smallest absolute Gasteiger partial charge is 0.126 e. The Morgan fingerprint density at radius 2 is 1.45 bits per heavy atom. The van der Waals surface area contributed by atoms with Crippen LogP contribution in [0.4, 0.5) is 0 Å². The van der Waals surface area contributed by atoms with Gasteiger partial charge in [-0.15, -0.1) is 0 Å². The Morgan fingerprint density at radius 3 is 1.82 bits per heavy atom. The third-order valence-electron chi connectivity index (χ3n) is 5.16. The van der Waals surface area contributed by atoms with Gasteiger partial charge >= 0.3 is 0 Å². The van der Waals surface area contributed by atoms with Crippen LogP contribution in [-0.2, 0) is 11.8 Å². The number of benzene rings is 1. The molecule has 22 heavy (non-hydrogen) atoms. The molecule has 126 valence electrons. The van der Waals surface area contributed by atoms with Gasteiger partial charge < -0.3 is 4.74 Å². The van der Waals surface area contributed by atoms with Crippen molar-refractivity contribution in [2.45, 2.75) is 98.5 Å². The number of hydrogen-bond donors (Lipinski definition) is 0. The van der Waals surface area contributed by atoms with Crippen LogP contribution in [0.1, 0.15) is 97.3 Å². The first kappa shape index (κ1) is 19.1. The lowest BCUT2D eigenvalue weighted by Crippen LogP contribution is -2.26. The molecule has 1 aromatic rings. The van der Waals surface area contributed by atoms with Crippen molar-refractivity contribution in [2.24, 2.45) is 0 Å². The average molecular weight is 305 g/mol. The predicted octanol–water partition coefficient (Wildman–Crippen LogP) is 6.63. The van der Waals surface area contributed by atoms with Gasteiger partial charge in [-0.1, -0.05) is 53.7 Å². The van der Waals surface area contributed by atoms with Crippen molar-refractivity contribution in [1.29, 1.82) is 0 Å². The molecular weight excluding hydrogens is 268 g/mol. The predicted molar refractivity (Wildman–Crippen MR) is 98.2 cm³/mol. The second-order valence-corrected chi connectivity index (χ2v) is 7.08. The zero-order valence-corrected chi connectivity index (χ0v) is 16.0. The van der Waals surface area contributed by atoms with Crippen molar-refractivity contribution in [3.63, 3.8) is 0 Å². The number of aryl methyl sites for hydroxylation is 1. The Bertz CT molecular complexity index is 459. The van der Waals surface area contributed by atoms with Gasteiger partial charge in [-0.25, -0.2) is 0 Å². The molecule has 0 N–H and O–H groups in total. The van der Waals surface area contributed by atoms with Gasteiger partial charge in [-0.3, -0.25) is 0 Å². The molecule has 0 spiro atoms. The highest BCUT2D eigenvalue weighted by Gasteiger charge is 2.32. The van der Waals surface area contributed by atoms with Gasteiger partial charge in [-0.2, -0.15) is 0 Å². The van der Waals surface area contributed by atoms with Crippen LogP contribution in [0.3, 0.4) is 0 Å². The zero-order valence-electron chi connectivity index (χ0n) is 16.0. The quantitative estimate of drug-likeness (QED) is 0.524. The molecule has 0 heterocycles. The van der Waals surface area contributed by atoms with Gasteiger partial charge in [0.25, 0.3) is 0 Å². The molecule has 0 saturated carbocycles. The van der Waals surface area contributed by atoms with Crippen LogP contribution in [0, 0.1) is 0 Å². The van der Waals surface area contributed by atoms with Gasteiger partial charge in [0, 0.05) is 5.56 Å². The van der Waals surface area contributed by atoms with E-state index in [2.05, 4.69) is 67.5 Å². The van der Waals surface area contributed by atoms with Gasteiger partial charge in [0.2, 0.25) is 0 Å². The normalized spacial score (nSPS) is 12.3. The Hall–Kier alpha value is -0.980. The highest BCUT2D eigenvalue weighted by molar-refractivity contribution is 5.50. The third kappa shape index (κ3) is 3.86. The molecule has 1 aromatic carbocycles. The fourth-order valence-electron chi connectivity index (χ4n) is 3.43. The van der Waals surface area contributed by atoms with Crippen LogP contribution in [0.15, 0.2) is 12.1 Å². The standard InChI is InChI=1S/C21H36O/c1-9-17-13-18(15(5)6)20(22-16(7)8)19(14-17)21(10-2,11-3)12-4/h13-16H,9-12H2,1-8H3. The molecule has 1 rings (SSSR count). The Labute approximate surface area is 138 Å². The van der Waals surface area contributed by atoms with E-state index in [1.165, 1.54) is 36.0 Å². The Morgan fingerprint density at radius 1 is 0.909 bits per heavy atom. The second kappa shape index (κ2) is 8.04. The van der Waals surface area contributed by atoms with Crippen molar-refractivity contribution in [3.05, 3.63) is 28.8 Å². The van der Waals surface area contributed by atoms with Crippen LogP contribution >= 0.6 is 0 Å². The highest BCUT2D eigenvalue weighted by Crippen LogP contribution is 2.44. The van der Waals surface area contributed by atoms with E-state index in [4.69, 9.17) is 4.74 Å². The fraction of sp³-hybridized carbons (Fsp3) is 0.714. The maximum absolute atomic E-state index is 6.35. The molecule has 0 fully saturated rings. The zero-order chi connectivity index (χ0) is 16.9. The van der Waals surface area contributed by atoms with E-state index in [-0.39, 0.29) is 11.5 Å². The lowest BCUT2D eigenvalue weighted by atomic mass is 9.72. The topological polar surface area (TPSA) is 9.23 Å². The number of ether oxygens (including phenoxy) is 1. The first-order valence-electron chi connectivity index (χ1n) is 9.19. The molecule has 0 aliphatic carbocycles. The van der Waals surface area contributed by atoms with E-state index in [1.807, 2.05) is 0 Å². The fourth-order valence-corrected chi connectivity index (χ4v) is 3.43. The third-order valence-corrected chi connectivity index (χ3v) is 5.16. The van der Waals surface area contributed by atoms with Crippen molar-refractivity contribution in [3.8, 4) is 5.75 Å². The molecule has 0 aliphatic heterocycles. The first-order chi connectivity index (χ1) is 10.3. The number of rotatable bonds is 8. The Balaban J connectivity index is 3.66. The largest absolute Gasteiger partial charge is 0.490 e. The summed E-state index contributed by atoms with van der Waals surface area (Å²) in [5.74, 6) is 1.65. The van der Waals surface area contributed by atoms with E-state index in [9.17, 15) is 0 Å². The SMILES string of the molecule is CCc1cc(C(C)C)c(OC(C)C)c(C(CC)(CC)CC)c1. The summed E-state index contributed by atoms with van der Waals surface area (Å²) in [7, 11) is 0. The number of hydrogen-bond acceptors (Lipinski definition) is 1. The van der Waals surface area contributed by atoms with Crippen molar-refractivity contribution in [1.82, 2.24) is 0 Å². The molecule has 1 nitrogen and oxygen atoms in total. The molecule has 0 radical (unpaired) electrons. The molecule has 0 bridgehead atoms. The molecule has 1 heteroatoms. The summed E-state index contributed by atoms with van der Waals surface area (Å²) in [6.07, 6.45) is 4.80. The second-order valence-electron chi connectivity index (χ2n) is 7.08. The van der Waals surface area contributed by atoms with Crippen LogP contribution in [0.2, 0.25) is 0 Å². The van der Waals surface area contributed by atoms with Crippen LogP contribution in [0.25, 0.3) is 0 Å². The average Bonchev–Trinajstić information content (AvgIpc) is 2.49. The van der Waals surface area contributed by atoms with Gasteiger partial charge in [0.1, 0.15) is 5.75 Å². The van der Waals surface area contributed by atoms with Crippen LogP contribution in [0.5, 0.6) is 5.75 Å². The molecular formula is C21H36O. The van der Waals surface area contributed by atoms with E-state index < -0.39 is 0 Å². The maximum atomic E-state index is 6.35. The first-order valence-corrected chi connectivity index (χ1v) is 9.19. The summed E-state index contributed by atoms with van der Waals surface area (Å²) in [4.78, 5) is 0. The van der Waals surface area contributed by atoms with Crippen molar-refractivity contribution >= 4 is 0 Å². The van der Waals surface area contributed by atoms with Crippen LogP contribution < -0.4 is 4.74 Å². The minimum atomic E-state index is 0.215. The monoisotopic (exact) mass is 304 g/mol. The van der Waals surface area contributed by atoms with E-state index in [1.54, 1.807) is 0 Å². The summed E-state index contributed by atoms with van der Waals surface area (Å²) in [6.45, 7) is 18.0. The molecule has 0 unspecified atom stereocenters. The van der Waals surface area contributed by atoms with E-state index in [0.29, 0.717) is 5.92 Å². The van der Waals surface area contributed by atoms with Gasteiger partial charge in [0.15, 0.2) is 0 Å². The summed E-state index contributed by atoms with van der Waals surface area (Å²) in [5, 5.41) is 0. The van der Waals surface area contributed by atoms with Gasteiger partial charge in [0.05, 0.1) is 6.10 Å². The lowest BCUT2D eigenvalue weighted by Gasteiger charge is -2.35. The maximum Gasteiger partial charge on any atom is 0.126 e. The summed E-state index contributed by atoms with van der Waals surface area (Å²) >= 11 is 0. The van der Waals surface area contributed by atoms with Crippen LogP contribution in [-0.4, -0.2) is 6.10 Å². The summed E-state index contributed by atoms with van der Waals surface area (Å²) in [5.41, 5.74) is 4.49. The summed E-state index contributed by atoms with van der Waals surface area (Å²) < 4.78 is 6.35. The van der Waals surface area contributed by atoms with Gasteiger partial charge in [-0.05, 0) is 62.0 Å². The minimum Gasteiger partial charge on any atom is -0.490 e. The summed E-state index contributed by atoms with van der Waals surface area (Å²) in [6, 6.07) is 4.78. The molecule has 0 aliphatic rings. The van der Waals surface area contributed by atoms with Crippen molar-refractivity contribution < 1.29 is 4.74 Å².